The summed E-state index contributed by atoms with van der Waals surface area (Å²) in [5.41, 5.74) is 13.9. The lowest BCUT2D eigenvalue weighted by Gasteiger charge is -2.19. The number of benzene rings is 7. The van der Waals surface area contributed by atoms with Gasteiger partial charge in [0.1, 0.15) is 0 Å². The molecule has 7 aromatic carbocycles. The second kappa shape index (κ2) is 18.2. The minimum Gasteiger partial charge on any atom is -0.256 e. The largest absolute Gasteiger partial charge is 0.256 e. The Hall–Kier alpha value is -9.14. The van der Waals surface area contributed by atoms with Crippen molar-refractivity contribution in [2.24, 2.45) is 0 Å². The SMILES string of the molecule is Cc1cccc(-c2cccc(-c3ccc(-c4nc(-c5ccccc5)nc(-c5ccccc5-c5ccccn5)n4)cc3)c2-c2ccccc2-c2nc(-c3ccccc3)nc(-c3ccccc3)n2)n1. The molecule has 0 amide bonds. The standard InChI is InChI=1S/C59H40N8/c1-39-19-17-33-52(61-39)50-31-18-30-45(53(50)47-27-12-14-29-49(47)59-65-54(41-20-5-2-6-21-41)62-55(66-59)42-22-7-3-8-23-42)40-34-36-44(37-35-40)57-63-56(43-24-9-4-10-25-43)64-58(67-57)48-28-13-11-26-46(48)51-32-15-16-38-60-51/h2-38H,1H3. The van der Waals surface area contributed by atoms with Crippen molar-refractivity contribution >= 4 is 0 Å². The van der Waals surface area contributed by atoms with Gasteiger partial charge < -0.3 is 0 Å². The van der Waals surface area contributed by atoms with Crippen molar-refractivity contribution in [2.75, 3.05) is 0 Å². The van der Waals surface area contributed by atoms with Crippen LogP contribution in [0.3, 0.4) is 0 Å². The predicted molar refractivity (Wildman–Crippen MR) is 268 cm³/mol. The monoisotopic (exact) mass is 860 g/mol. The van der Waals surface area contributed by atoms with E-state index < -0.39 is 0 Å². The molecule has 0 aliphatic carbocycles. The van der Waals surface area contributed by atoms with Gasteiger partial charge in [0.15, 0.2) is 34.9 Å². The molecule has 316 valence electrons. The fourth-order valence-electron chi connectivity index (χ4n) is 8.38. The van der Waals surface area contributed by atoms with Crippen LogP contribution in [0.1, 0.15) is 5.69 Å². The number of hydrogen-bond acceptors (Lipinski definition) is 8. The summed E-state index contributed by atoms with van der Waals surface area (Å²) in [6.45, 7) is 2.02. The predicted octanol–water partition coefficient (Wildman–Crippen LogP) is 13.8. The third-order valence-electron chi connectivity index (χ3n) is 11.6. The molecule has 0 saturated heterocycles. The Bertz CT molecular complexity index is 3450. The van der Waals surface area contributed by atoms with Crippen LogP contribution in [0.15, 0.2) is 225 Å². The van der Waals surface area contributed by atoms with E-state index >= 15 is 0 Å². The van der Waals surface area contributed by atoms with E-state index in [4.69, 9.17) is 34.9 Å². The Morgan fingerprint density at radius 2 is 0.627 bits per heavy atom. The first-order chi connectivity index (χ1) is 33.1. The van der Waals surface area contributed by atoms with Crippen LogP contribution in [-0.2, 0) is 0 Å². The average Bonchev–Trinajstić information content (AvgIpc) is 3.41. The van der Waals surface area contributed by atoms with Crippen molar-refractivity contribution in [2.45, 2.75) is 6.92 Å². The van der Waals surface area contributed by atoms with Crippen LogP contribution in [0.4, 0.5) is 0 Å². The van der Waals surface area contributed by atoms with E-state index in [-0.39, 0.29) is 0 Å². The zero-order valence-corrected chi connectivity index (χ0v) is 36.4. The molecule has 0 radical (unpaired) electrons. The molecule has 11 aromatic rings. The lowest BCUT2D eigenvalue weighted by atomic mass is 9.86. The molecule has 0 bridgehead atoms. The summed E-state index contributed by atoms with van der Waals surface area (Å²) in [7, 11) is 0. The van der Waals surface area contributed by atoms with E-state index in [9.17, 15) is 0 Å². The third kappa shape index (κ3) is 8.38. The smallest absolute Gasteiger partial charge is 0.164 e. The van der Waals surface area contributed by atoms with E-state index in [1.54, 1.807) is 6.20 Å². The maximum atomic E-state index is 5.17. The number of pyridine rings is 2. The molecule has 0 N–H and O–H groups in total. The van der Waals surface area contributed by atoms with Crippen LogP contribution in [0.25, 0.3) is 113 Å². The number of hydrogen-bond donors (Lipinski definition) is 0. The van der Waals surface area contributed by atoms with Crippen molar-refractivity contribution in [3.8, 4) is 113 Å². The summed E-state index contributed by atoms with van der Waals surface area (Å²) in [5.74, 6) is 3.48. The molecule has 0 atom stereocenters. The van der Waals surface area contributed by atoms with Crippen LogP contribution >= 0.6 is 0 Å². The lowest BCUT2D eigenvalue weighted by molar-refractivity contribution is 1.07. The number of rotatable bonds is 10. The fraction of sp³-hybridized carbons (Fsp3) is 0.0169. The van der Waals surface area contributed by atoms with Gasteiger partial charge in [-0.05, 0) is 53.4 Å². The minimum atomic E-state index is 0.563. The van der Waals surface area contributed by atoms with E-state index in [0.717, 1.165) is 83.8 Å². The minimum absolute atomic E-state index is 0.563. The highest BCUT2D eigenvalue weighted by molar-refractivity contribution is 5.98. The first-order valence-corrected chi connectivity index (χ1v) is 22.1. The molecule has 0 unspecified atom stereocenters. The lowest BCUT2D eigenvalue weighted by Crippen LogP contribution is -2.02. The first kappa shape index (κ1) is 40.6. The van der Waals surface area contributed by atoms with Crippen LogP contribution < -0.4 is 0 Å². The normalized spacial score (nSPS) is 11.1. The van der Waals surface area contributed by atoms with Crippen LogP contribution in [-0.4, -0.2) is 39.9 Å². The van der Waals surface area contributed by atoms with Gasteiger partial charge in [-0.3, -0.25) is 9.97 Å². The Kier molecular flexibility index (Phi) is 11.0. The van der Waals surface area contributed by atoms with E-state index in [0.29, 0.717) is 34.9 Å². The molecule has 67 heavy (non-hydrogen) atoms. The fourth-order valence-corrected chi connectivity index (χ4v) is 8.38. The second-order valence-electron chi connectivity index (χ2n) is 16.0. The summed E-state index contributed by atoms with van der Waals surface area (Å²) >= 11 is 0. The Labute approximate surface area is 388 Å². The molecule has 11 rings (SSSR count). The van der Waals surface area contributed by atoms with Crippen LogP contribution in [0, 0.1) is 6.92 Å². The molecular weight excluding hydrogens is 821 g/mol. The van der Waals surface area contributed by atoms with Gasteiger partial charge in [0.2, 0.25) is 0 Å². The molecule has 0 saturated carbocycles. The molecule has 4 aromatic heterocycles. The summed E-state index contributed by atoms with van der Waals surface area (Å²) in [5, 5.41) is 0. The second-order valence-corrected chi connectivity index (χ2v) is 16.0. The molecule has 0 aliphatic rings. The zero-order valence-electron chi connectivity index (χ0n) is 36.4. The van der Waals surface area contributed by atoms with Gasteiger partial charge in [0.25, 0.3) is 0 Å². The Morgan fingerprint density at radius 1 is 0.239 bits per heavy atom. The topological polar surface area (TPSA) is 103 Å². The quantitative estimate of drug-likeness (QED) is 0.134. The van der Waals surface area contributed by atoms with E-state index in [1.807, 2.05) is 146 Å². The zero-order chi connectivity index (χ0) is 44.9. The van der Waals surface area contributed by atoms with Gasteiger partial charge in [-0.25, -0.2) is 29.9 Å². The summed E-state index contributed by atoms with van der Waals surface area (Å²) in [4.78, 5) is 40.3. The number of aromatic nitrogens is 8. The molecule has 0 spiro atoms. The highest BCUT2D eigenvalue weighted by atomic mass is 15.0. The molecule has 0 fully saturated rings. The van der Waals surface area contributed by atoms with Crippen molar-refractivity contribution in [1.82, 2.24) is 39.9 Å². The molecule has 8 heteroatoms. The number of aryl methyl sites for hydroxylation is 1. The highest BCUT2D eigenvalue weighted by Crippen LogP contribution is 2.44. The van der Waals surface area contributed by atoms with Crippen molar-refractivity contribution < 1.29 is 0 Å². The summed E-state index contributed by atoms with van der Waals surface area (Å²) in [6, 6.07) is 73.5. The third-order valence-corrected chi connectivity index (χ3v) is 11.6. The van der Waals surface area contributed by atoms with E-state index in [2.05, 4.69) is 83.8 Å². The summed E-state index contributed by atoms with van der Waals surface area (Å²) in [6.07, 6.45) is 1.80. The number of nitrogens with zero attached hydrogens (tertiary/aromatic N) is 8. The van der Waals surface area contributed by atoms with E-state index in [1.165, 1.54) is 0 Å². The van der Waals surface area contributed by atoms with Gasteiger partial charge >= 0.3 is 0 Å². The van der Waals surface area contributed by atoms with Gasteiger partial charge in [-0.1, -0.05) is 194 Å². The van der Waals surface area contributed by atoms with Crippen molar-refractivity contribution in [1.29, 1.82) is 0 Å². The van der Waals surface area contributed by atoms with Gasteiger partial charge in [-0.15, -0.1) is 0 Å². The molecule has 0 aliphatic heterocycles. The highest BCUT2D eigenvalue weighted by Gasteiger charge is 2.22. The Balaban J connectivity index is 1.07. The average molecular weight is 861 g/mol. The summed E-state index contributed by atoms with van der Waals surface area (Å²) < 4.78 is 0. The van der Waals surface area contributed by atoms with Crippen molar-refractivity contribution in [3.05, 3.63) is 230 Å². The van der Waals surface area contributed by atoms with Gasteiger partial charge in [-0.2, -0.15) is 0 Å². The molecule has 8 nitrogen and oxygen atoms in total. The van der Waals surface area contributed by atoms with Gasteiger partial charge in [0, 0.05) is 56.4 Å². The molecule has 4 heterocycles. The van der Waals surface area contributed by atoms with Crippen molar-refractivity contribution in [3.63, 3.8) is 0 Å². The van der Waals surface area contributed by atoms with Crippen LogP contribution in [0.2, 0.25) is 0 Å². The molecular formula is C59H40N8. The maximum Gasteiger partial charge on any atom is 0.164 e. The van der Waals surface area contributed by atoms with Crippen LogP contribution in [0.5, 0.6) is 0 Å². The maximum absolute atomic E-state index is 5.17. The Morgan fingerprint density at radius 3 is 1.15 bits per heavy atom. The van der Waals surface area contributed by atoms with Gasteiger partial charge in [0.05, 0.1) is 11.4 Å². The first-order valence-electron chi connectivity index (χ1n) is 22.1.